The van der Waals surface area contributed by atoms with Gasteiger partial charge < -0.3 is 4.57 Å². The largest absolute Gasteiger partial charge is 0.309 e. The second kappa shape index (κ2) is 8.51. The molecule has 6 aromatic carbocycles. The maximum atomic E-state index is 3.72. The quantitative estimate of drug-likeness (QED) is 0.217. The first-order chi connectivity index (χ1) is 17.8. The number of hydrogen-bond acceptors (Lipinski definition) is 0. The Balaban J connectivity index is 1.43. The fraction of sp³-hybridized carbons (Fsp3) is 0. The van der Waals surface area contributed by atoms with Gasteiger partial charge in [-0.05, 0) is 69.4 Å². The molecule has 0 unspecified atom stereocenters. The topological polar surface area (TPSA) is 4.93 Å². The standard InChI is InChI=1S/C34H22BrN/c35-32-20-19-27(28-13-4-5-14-29(28)32)25-10-8-9-23(21-25)24-17-18-31-30-15-6-7-16-33(30)36(34(31)22-24)26-11-2-1-3-12-26/h1-22H. The highest BCUT2D eigenvalue weighted by Crippen LogP contribution is 2.37. The van der Waals surface area contributed by atoms with Crippen LogP contribution in [-0.4, -0.2) is 4.57 Å². The van der Waals surface area contributed by atoms with Gasteiger partial charge in [0, 0.05) is 20.9 Å². The Morgan fingerprint density at radius 2 is 1.08 bits per heavy atom. The van der Waals surface area contributed by atoms with E-state index >= 15 is 0 Å². The van der Waals surface area contributed by atoms with Gasteiger partial charge in [-0.2, -0.15) is 0 Å². The van der Waals surface area contributed by atoms with Crippen molar-refractivity contribution in [3.8, 4) is 27.9 Å². The lowest BCUT2D eigenvalue weighted by atomic mass is 9.95. The van der Waals surface area contributed by atoms with Crippen LogP contribution in [0.3, 0.4) is 0 Å². The summed E-state index contributed by atoms with van der Waals surface area (Å²) in [6.07, 6.45) is 0. The molecular formula is C34H22BrN. The molecule has 0 bridgehead atoms. The Bertz CT molecular complexity index is 1900. The van der Waals surface area contributed by atoms with Gasteiger partial charge >= 0.3 is 0 Å². The highest BCUT2D eigenvalue weighted by molar-refractivity contribution is 9.10. The normalized spacial score (nSPS) is 11.5. The molecule has 1 heterocycles. The average molecular weight is 524 g/mol. The first kappa shape index (κ1) is 21.2. The van der Waals surface area contributed by atoms with Crippen LogP contribution in [-0.2, 0) is 0 Å². The van der Waals surface area contributed by atoms with Crippen molar-refractivity contribution >= 4 is 48.5 Å². The van der Waals surface area contributed by atoms with Gasteiger partial charge in [-0.15, -0.1) is 0 Å². The van der Waals surface area contributed by atoms with E-state index in [0.29, 0.717) is 0 Å². The molecule has 0 atom stereocenters. The number of aromatic nitrogens is 1. The van der Waals surface area contributed by atoms with Crippen LogP contribution in [0.15, 0.2) is 138 Å². The summed E-state index contributed by atoms with van der Waals surface area (Å²) >= 11 is 3.72. The number of fused-ring (bicyclic) bond motifs is 4. The van der Waals surface area contributed by atoms with Crippen molar-refractivity contribution in [2.75, 3.05) is 0 Å². The molecule has 0 saturated carbocycles. The first-order valence-electron chi connectivity index (χ1n) is 12.1. The SMILES string of the molecule is Brc1ccc(-c2cccc(-c3ccc4c5ccccc5n(-c5ccccc5)c4c3)c2)c2ccccc12. The van der Waals surface area contributed by atoms with Gasteiger partial charge in [0.1, 0.15) is 0 Å². The molecule has 1 aromatic heterocycles. The van der Waals surface area contributed by atoms with Gasteiger partial charge in [0.15, 0.2) is 0 Å². The molecule has 2 heteroatoms. The van der Waals surface area contributed by atoms with E-state index in [-0.39, 0.29) is 0 Å². The molecule has 0 radical (unpaired) electrons. The monoisotopic (exact) mass is 523 g/mol. The van der Waals surface area contributed by atoms with E-state index in [9.17, 15) is 0 Å². The van der Waals surface area contributed by atoms with E-state index in [2.05, 4.69) is 154 Å². The van der Waals surface area contributed by atoms with Crippen molar-refractivity contribution in [1.29, 1.82) is 0 Å². The van der Waals surface area contributed by atoms with Crippen LogP contribution in [0.4, 0.5) is 0 Å². The third-order valence-electron chi connectivity index (χ3n) is 7.07. The second-order valence-corrected chi connectivity index (χ2v) is 10.00. The Labute approximate surface area is 218 Å². The summed E-state index contributed by atoms with van der Waals surface area (Å²) in [4.78, 5) is 0. The molecule has 0 aliphatic rings. The van der Waals surface area contributed by atoms with E-state index in [4.69, 9.17) is 0 Å². The fourth-order valence-corrected chi connectivity index (χ4v) is 5.86. The first-order valence-corrected chi connectivity index (χ1v) is 12.9. The molecule has 7 aromatic rings. The minimum atomic E-state index is 1.12. The zero-order chi connectivity index (χ0) is 24.1. The summed E-state index contributed by atoms with van der Waals surface area (Å²) in [6.45, 7) is 0. The Kier molecular flexibility index (Phi) is 5.00. The number of rotatable bonds is 3. The Morgan fingerprint density at radius 3 is 1.94 bits per heavy atom. The van der Waals surface area contributed by atoms with Crippen LogP contribution >= 0.6 is 15.9 Å². The minimum absolute atomic E-state index is 1.12. The van der Waals surface area contributed by atoms with Crippen LogP contribution in [0.1, 0.15) is 0 Å². The average Bonchev–Trinajstić information content (AvgIpc) is 3.28. The molecule has 0 aliphatic carbocycles. The van der Waals surface area contributed by atoms with Gasteiger partial charge in [-0.3, -0.25) is 0 Å². The van der Waals surface area contributed by atoms with Crippen LogP contribution < -0.4 is 0 Å². The fourth-order valence-electron chi connectivity index (χ4n) is 5.39. The summed E-state index contributed by atoms with van der Waals surface area (Å²) in [5, 5.41) is 5.03. The number of halogens is 1. The maximum absolute atomic E-state index is 3.72. The Morgan fingerprint density at radius 1 is 0.417 bits per heavy atom. The van der Waals surface area contributed by atoms with E-state index < -0.39 is 0 Å². The van der Waals surface area contributed by atoms with Crippen LogP contribution in [0.5, 0.6) is 0 Å². The van der Waals surface area contributed by atoms with Gasteiger partial charge in [-0.25, -0.2) is 0 Å². The molecule has 0 aliphatic heterocycles. The lowest BCUT2D eigenvalue weighted by Gasteiger charge is -2.11. The van der Waals surface area contributed by atoms with Crippen molar-refractivity contribution in [3.05, 3.63) is 138 Å². The zero-order valence-electron chi connectivity index (χ0n) is 19.5. The van der Waals surface area contributed by atoms with Gasteiger partial charge in [-0.1, -0.05) is 113 Å². The molecule has 0 fully saturated rings. The summed E-state index contributed by atoms with van der Waals surface area (Å²) in [6, 6.07) is 48.0. The molecular weight excluding hydrogens is 502 g/mol. The smallest absolute Gasteiger partial charge is 0.0547 e. The summed E-state index contributed by atoms with van der Waals surface area (Å²) < 4.78 is 3.50. The molecule has 1 nitrogen and oxygen atoms in total. The summed E-state index contributed by atoms with van der Waals surface area (Å²) in [5.41, 5.74) is 8.52. The molecule has 0 amide bonds. The van der Waals surface area contributed by atoms with Gasteiger partial charge in [0.25, 0.3) is 0 Å². The molecule has 7 rings (SSSR count). The highest BCUT2D eigenvalue weighted by atomic mass is 79.9. The summed E-state index contributed by atoms with van der Waals surface area (Å²) in [5.74, 6) is 0. The predicted octanol–water partition coefficient (Wildman–Crippen LogP) is 10.0. The number of nitrogens with zero attached hydrogens (tertiary/aromatic N) is 1. The molecule has 36 heavy (non-hydrogen) atoms. The minimum Gasteiger partial charge on any atom is -0.309 e. The predicted molar refractivity (Wildman–Crippen MR) is 157 cm³/mol. The molecule has 0 N–H and O–H groups in total. The van der Waals surface area contributed by atoms with Crippen LogP contribution in [0, 0.1) is 0 Å². The Hall–Kier alpha value is -4.14. The van der Waals surface area contributed by atoms with E-state index in [1.807, 2.05) is 0 Å². The van der Waals surface area contributed by atoms with Crippen molar-refractivity contribution in [1.82, 2.24) is 4.57 Å². The van der Waals surface area contributed by atoms with Gasteiger partial charge in [0.05, 0.1) is 11.0 Å². The molecule has 170 valence electrons. The highest BCUT2D eigenvalue weighted by Gasteiger charge is 2.13. The molecule has 0 spiro atoms. The third kappa shape index (κ3) is 3.37. The second-order valence-electron chi connectivity index (χ2n) is 9.14. The van der Waals surface area contributed by atoms with E-state index in [0.717, 1.165) is 4.47 Å². The summed E-state index contributed by atoms with van der Waals surface area (Å²) in [7, 11) is 0. The zero-order valence-corrected chi connectivity index (χ0v) is 21.1. The van der Waals surface area contributed by atoms with Crippen molar-refractivity contribution in [3.63, 3.8) is 0 Å². The third-order valence-corrected chi connectivity index (χ3v) is 7.76. The molecule has 0 saturated heterocycles. The number of benzene rings is 6. The lowest BCUT2D eigenvalue weighted by Crippen LogP contribution is -1.93. The van der Waals surface area contributed by atoms with Crippen LogP contribution in [0.2, 0.25) is 0 Å². The van der Waals surface area contributed by atoms with Crippen molar-refractivity contribution < 1.29 is 0 Å². The van der Waals surface area contributed by atoms with E-state index in [1.54, 1.807) is 0 Å². The number of hydrogen-bond donors (Lipinski definition) is 0. The van der Waals surface area contributed by atoms with Gasteiger partial charge in [0.2, 0.25) is 0 Å². The van der Waals surface area contributed by atoms with Crippen molar-refractivity contribution in [2.24, 2.45) is 0 Å². The van der Waals surface area contributed by atoms with E-state index in [1.165, 1.54) is 60.5 Å². The maximum Gasteiger partial charge on any atom is 0.0547 e. The number of para-hydroxylation sites is 2. The lowest BCUT2D eigenvalue weighted by molar-refractivity contribution is 1.18. The van der Waals surface area contributed by atoms with Crippen molar-refractivity contribution in [2.45, 2.75) is 0 Å². The van der Waals surface area contributed by atoms with Crippen LogP contribution in [0.25, 0.3) is 60.5 Å².